The largest absolute Gasteiger partial charge is 0.344 e. The predicted molar refractivity (Wildman–Crippen MR) is 51.1 cm³/mol. The van der Waals surface area contributed by atoms with E-state index in [4.69, 9.17) is 5.73 Å². The highest BCUT2D eigenvalue weighted by Crippen LogP contribution is 2.00. The molecule has 1 amide bonds. The van der Waals surface area contributed by atoms with Crippen molar-refractivity contribution < 1.29 is 4.79 Å². The summed E-state index contributed by atoms with van der Waals surface area (Å²) in [5, 5.41) is 2.54. The first-order valence-corrected chi connectivity index (χ1v) is 4.46. The first-order chi connectivity index (χ1) is 6.33. The first kappa shape index (κ1) is 9.71. The second kappa shape index (κ2) is 5.30. The van der Waals surface area contributed by atoms with Crippen LogP contribution in [0.25, 0.3) is 0 Å². The average molecular weight is 195 g/mol. The zero-order valence-corrected chi connectivity index (χ0v) is 7.73. The molecule has 0 aliphatic rings. The van der Waals surface area contributed by atoms with Crippen molar-refractivity contribution in [2.24, 2.45) is 5.73 Å². The van der Waals surface area contributed by atoms with Gasteiger partial charge in [0.05, 0.1) is 18.0 Å². The maximum atomic E-state index is 10.7. The summed E-state index contributed by atoms with van der Waals surface area (Å²) in [6.07, 6.45) is 1.69. The third-order valence-electron chi connectivity index (χ3n) is 1.21. The molecule has 0 unspecified atom stereocenters. The number of carbonyl (C=O) groups excluding carboxylic acids is 1. The van der Waals surface area contributed by atoms with Crippen LogP contribution in [0.5, 0.6) is 0 Å². The van der Waals surface area contributed by atoms with Crippen LogP contribution in [-0.2, 0) is 4.79 Å². The van der Waals surface area contributed by atoms with Gasteiger partial charge in [-0.15, -0.1) is 0 Å². The molecule has 0 spiro atoms. The van der Waals surface area contributed by atoms with Crippen molar-refractivity contribution in [2.75, 3.05) is 13.1 Å². The van der Waals surface area contributed by atoms with Gasteiger partial charge in [0.25, 0.3) is 0 Å². The Hall–Kier alpha value is -1.38. The number of carbonyl (C=O) groups is 1. The van der Waals surface area contributed by atoms with E-state index in [9.17, 15) is 4.79 Å². The van der Waals surface area contributed by atoms with Gasteiger partial charge in [0.2, 0.25) is 5.91 Å². The van der Waals surface area contributed by atoms with Gasteiger partial charge in [-0.05, 0) is 17.6 Å². The Morgan fingerprint density at radius 3 is 3.23 bits per heavy atom. The van der Waals surface area contributed by atoms with Crippen molar-refractivity contribution in [3.8, 4) is 11.8 Å². The third kappa shape index (κ3) is 3.69. The van der Waals surface area contributed by atoms with Gasteiger partial charge in [-0.2, -0.15) is 4.37 Å². The molecule has 0 bridgehead atoms. The van der Waals surface area contributed by atoms with E-state index >= 15 is 0 Å². The fourth-order valence-corrected chi connectivity index (χ4v) is 1.10. The molecule has 1 aromatic rings. The minimum atomic E-state index is -0.196. The quantitative estimate of drug-likeness (QED) is 0.629. The summed E-state index contributed by atoms with van der Waals surface area (Å²) in [6.45, 7) is 0.330. The molecule has 0 aliphatic carbocycles. The SMILES string of the molecule is NCC(=O)NCC#Cc1ccns1. The lowest BCUT2D eigenvalue weighted by Gasteiger charge is -1.94. The Morgan fingerprint density at radius 2 is 2.62 bits per heavy atom. The molecular weight excluding hydrogens is 186 g/mol. The Morgan fingerprint density at radius 1 is 1.77 bits per heavy atom. The zero-order valence-electron chi connectivity index (χ0n) is 6.91. The molecule has 5 heteroatoms. The molecule has 0 saturated carbocycles. The molecule has 68 valence electrons. The van der Waals surface area contributed by atoms with Gasteiger partial charge in [-0.25, -0.2) is 0 Å². The minimum absolute atomic E-state index is 0.00222. The van der Waals surface area contributed by atoms with Gasteiger partial charge in [0.15, 0.2) is 0 Å². The van der Waals surface area contributed by atoms with E-state index in [-0.39, 0.29) is 12.5 Å². The van der Waals surface area contributed by atoms with Crippen molar-refractivity contribution in [3.63, 3.8) is 0 Å². The van der Waals surface area contributed by atoms with Crippen LogP contribution in [0.1, 0.15) is 4.88 Å². The van der Waals surface area contributed by atoms with Crippen LogP contribution in [0.3, 0.4) is 0 Å². The van der Waals surface area contributed by atoms with Crippen LogP contribution in [0.15, 0.2) is 12.3 Å². The third-order valence-corrected chi connectivity index (χ3v) is 1.87. The zero-order chi connectivity index (χ0) is 9.52. The molecule has 0 aromatic carbocycles. The van der Waals surface area contributed by atoms with E-state index in [1.54, 1.807) is 6.20 Å². The number of aromatic nitrogens is 1. The maximum absolute atomic E-state index is 10.7. The number of hydrogen-bond acceptors (Lipinski definition) is 4. The van der Waals surface area contributed by atoms with Crippen molar-refractivity contribution in [3.05, 3.63) is 17.1 Å². The minimum Gasteiger partial charge on any atom is -0.344 e. The van der Waals surface area contributed by atoms with E-state index in [1.807, 2.05) is 6.07 Å². The number of amides is 1. The monoisotopic (exact) mass is 195 g/mol. The summed E-state index contributed by atoms with van der Waals surface area (Å²) in [6, 6.07) is 1.82. The lowest BCUT2D eigenvalue weighted by molar-refractivity contribution is -0.119. The van der Waals surface area contributed by atoms with E-state index in [0.717, 1.165) is 4.88 Å². The van der Waals surface area contributed by atoms with Crippen LogP contribution >= 0.6 is 11.5 Å². The Labute approximate surface area is 80.3 Å². The number of hydrogen-bond donors (Lipinski definition) is 2. The van der Waals surface area contributed by atoms with Crippen molar-refractivity contribution in [2.45, 2.75) is 0 Å². The fourth-order valence-electron chi connectivity index (χ4n) is 0.627. The van der Waals surface area contributed by atoms with Gasteiger partial charge in [-0.1, -0.05) is 11.8 Å². The Bertz CT molecular complexity index is 323. The highest BCUT2D eigenvalue weighted by atomic mass is 32.1. The van der Waals surface area contributed by atoms with Gasteiger partial charge in [-0.3, -0.25) is 4.79 Å². The van der Waals surface area contributed by atoms with Gasteiger partial charge in [0.1, 0.15) is 0 Å². The Kier molecular flexibility index (Phi) is 3.96. The van der Waals surface area contributed by atoms with Crippen molar-refractivity contribution in [1.82, 2.24) is 9.69 Å². The molecule has 1 aromatic heterocycles. The smallest absolute Gasteiger partial charge is 0.234 e. The van der Waals surface area contributed by atoms with Crippen LogP contribution in [0, 0.1) is 11.8 Å². The summed E-state index contributed by atoms with van der Waals surface area (Å²) < 4.78 is 3.88. The number of nitrogens with two attached hydrogens (primary N) is 1. The summed E-state index contributed by atoms with van der Waals surface area (Å²) in [7, 11) is 0. The van der Waals surface area contributed by atoms with E-state index in [1.165, 1.54) is 11.5 Å². The molecule has 0 fully saturated rings. The lowest BCUT2D eigenvalue weighted by atomic mass is 10.4. The summed E-state index contributed by atoms with van der Waals surface area (Å²) >= 11 is 1.33. The molecule has 1 heterocycles. The Balaban J connectivity index is 2.30. The summed E-state index contributed by atoms with van der Waals surface area (Å²) in [5.74, 6) is 5.44. The van der Waals surface area contributed by atoms with E-state index in [2.05, 4.69) is 21.5 Å². The average Bonchev–Trinajstić information content (AvgIpc) is 2.64. The molecule has 0 radical (unpaired) electrons. The second-order valence-corrected chi connectivity index (χ2v) is 2.99. The molecule has 13 heavy (non-hydrogen) atoms. The normalized spacial score (nSPS) is 8.69. The summed E-state index contributed by atoms with van der Waals surface area (Å²) in [4.78, 5) is 11.6. The van der Waals surface area contributed by atoms with Gasteiger partial charge < -0.3 is 11.1 Å². The topological polar surface area (TPSA) is 68.0 Å². The van der Waals surface area contributed by atoms with Crippen molar-refractivity contribution >= 4 is 17.4 Å². The van der Waals surface area contributed by atoms with Gasteiger partial charge in [0, 0.05) is 6.20 Å². The number of nitrogens with zero attached hydrogens (tertiary/aromatic N) is 1. The first-order valence-electron chi connectivity index (χ1n) is 3.69. The maximum Gasteiger partial charge on any atom is 0.234 e. The fraction of sp³-hybridized carbons (Fsp3) is 0.250. The van der Waals surface area contributed by atoms with Crippen LogP contribution in [-0.4, -0.2) is 23.4 Å². The van der Waals surface area contributed by atoms with Crippen LogP contribution < -0.4 is 11.1 Å². The molecule has 3 N–H and O–H groups in total. The van der Waals surface area contributed by atoms with Crippen molar-refractivity contribution in [1.29, 1.82) is 0 Å². The number of nitrogens with one attached hydrogen (secondary N) is 1. The standard InChI is InChI=1S/C8H9N3OS/c9-6-8(12)10-4-1-2-7-3-5-11-13-7/h3,5H,4,6,9H2,(H,10,12). The molecule has 1 rings (SSSR count). The molecule has 0 atom stereocenters. The molecule has 4 nitrogen and oxygen atoms in total. The number of rotatable bonds is 2. The lowest BCUT2D eigenvalue weighted by Crippen LogP contribution is -2.30. The van der Waals surface area contributed by atoms with Crippen LogP contribution in [0.4, 0.5) is 0 Å². The second-order valence-electron chi connectivity index (χ2n) is 2.16. The van der Waals surface area contributed by atoms with E-state index < -0.39 is 0 Å². The van der Waals surface area contributed by atoms with Gasteiger partial charge >= 0.3 is 0 Å². The van der Waals surface area contributed by atoms with Crippen LogP contribution in [0.2, 0.25) is 0 Å². The molecule has 0 saturated heterocycles. The highest BCUT2D eigenvalue weighted by molar-refractivity contribution is 7.06. The highest BCUT2D eigenvalue weighted by Gasteiger charge is 1.91. The summed E-state index contributed by atoms with van der Waals surface area (Å²) in [5.41, 5.74) is 5.08. The predicted octanol–water partition coefficient (Wildman–Crippen LogP) is -0.430. The van der Waals surface area contributed by atoms with E-state index in [0.29, 0.717) is 6.54 Å². The molecule has 0 aliphatic heterocycles. The molecular formula is C8H9N3OS.